The van der Waals surface area contributed by atoms with Crippen LogP contribution < -0.4 is 19.1 Å². The molecule has 1 fully saturated rings. The van der Waals surface area contributed by atoms with Gasteiger partial charge in [0.1, 0.15) is 5.75 Å². The highest BCUT2D eigenvalue weighted by Crippen LogP contribution is 2.32. The second-order valence-electron chi connectivity index (χ2n) is 7.55. The van der Waals surface area contributed by atoms with Crippen molar-refractivity contribution in [1.82, 2.24) is 4.31 Å². The van der Waals surface area contributed by atoms with E-state index < -0.39 is 22.6 Å². The van der Waals surface area contributed by atoms with Crippen molar-refractivity contribution >= 4 is 21.7 Å². The molecule has 0 aliphatic carbocycles. The fourth-order valence-electron chi connectivity index (χ4n) is 3.41. The SMILES string of the molecule is COc1ccc(N2CCN(S(=O)(=O)c3ccc(OC(C)C)cc3)CC2)cc1OCC(=O)O. The lowest BCUT2D eigenvalue weighted by Gasteiger charge is -2.35. The number of piperazine rings is 1. The number of carbonyl (C=O) groups is 1. The number of ether oxygens (including phenoxy) is 3. The standard InChI is InChI=1S/C22H28N2O7S/c1-16(2)31-18-5-7-19(8-6-18)32(27,28)24-12-10-23(11-13-24)17-4-9-20(29-3)21(14-17)30-15-22(25)26/h4-9,14,16H,10-13,15H2,1-3H3,(H,25,26). The Morgan fingerprint density at radius 2 is 1.69 bits per heavy atom. The quantitative estimate of drug-likeness (QED) is 0.603. The normalized spacial score (nSPS) is 14.9. The summed E-state index contributed by atoms with van der Waals surface area (Å²) in [5.74, 6) is 0.302. The average Bonchev–Trinajstić information content (AvgIpc) is 2.77. The molecule has 1 N–H and O–H groups in total. The molecule has 9 nitrogen and oxygen atoms in total. The predicted molar refractivity (Wildman–Crippen MR) is 119 cm³/mol. The van der Waals surface area contributed by atoms with Gasteiger partial charge in [-0.2, -0.15) is 4.31 Å². The second kappa shape index (κ2) is 10.1. The minimum atomic E-state index is -3.61. The number of methoxy groups -OCH3 is 1. The maximum atomic E-state index is 13.0. The van der Waals surface area contributed by atoms with E-state index in [4.69, 9.17) is 19.3 Å². The van der Waals surface area contributed by atoms with Crippen molar-refractivity contribution in [3.63, 3.8) is 0 Å². The Balaban J connectivity index is 1.67. The van der Waals surface area contributed by atoms with Crippen molar-refractivity contribution in [2.24, 2.45) is 0 Å². The molecular weight excluding hydrogens is 436 g/mol. The van der Waals surface area contributed by atoms with Crippen molar-refractivity contribution in [2.45, 2.75) is 24.8 Å². The van der Waals surface area contributed by atoms with Crippen molar-refractivity contribution in [2.75, 3.05) is 44.8 Å². The topological polar surface area (TPSA) is 106 Å². The van der Waals surface area contributed by atoms with Crippen LogP contribution in [0, 0.1) is 0 Å². The van der Waals surface area contributed by atoms with Crippen LogP contribution in [0.4, 0.5) is 5.69 Å². The van der Waals surface area contributed by atoms with Gasteiger partial charge in [-0.05, 0) is 50.2 Å². The number of hydrogen-bond acceptors (Lipinski definition) is 7. The van der Waals surface area contributed by atoms with E-state index in [1.807, 2.05) is 24.8 Å². The van der Waals surface area contributed by atoms with Gasteiger partial charge in [-0.15, -0.1) is 0 Å². The summed E-state index contributed by atoms with van der Waals surface area (Å²) in [5, 5.41) is 8.86. The van der Waals surface area contributed by atoms with Gasteiger partial charge in [0.2, 0.25) is 10.0 Å². The lowest BCUT2D eigenvalue weighted by molar-refractivity contribution is -0.139. The van der Waals surface area contributed by atoms with Gasteiger partial charge < -0.3 is 24.2 Å². The van der Waals surface area contributed by atoms with Crippen LogP contribution in [0.3, 0.4) is 0 Å². The molecule has 10 heteroatoms. The van der Waals surface area contributed by atoms with Crippen molar-refractivity contribution in [1.29, 1.82) is 0 Å². The maximum Gasteiger partial charge on any atom is 0.341 e. The van der Waals surface area contributed by atoms with Crippen LogP contribution in [0.25, 0.3) is 0 Å². The van der Waals surface area contributed by atoms with Gasteiger partial charge in [-0.1, -0.05) is 0 Å². The van der Waals surface area contributed by atoms with Crippen LogP contribution in [0.15, 0.2) is 47.4 Å². The van der Waals surface area contributed by atoms with E-state index in [0.717, 1.165) is 5.69 Å². The minimum absolute atomic E-state index is 0.0125. The molecule has 174 valence electrons. The monoisotopic (exact) mass is 464 g/mol. The van der Waals surface area contributed by atoms with Gasteiger partial charge >= 0.3 is 5.97 Å². The molecule has 3 rings (SSSR count). The summed E-state index contributed by atoms with van der Waals surface area (Å²) in [6.07, 6.45) is 0.0125. The van der Waals surface area contributed by atoms with Crippen LogP contribution in [0.5, 0.6) is 17.2 Å². The second-order valence-corrected chi connectivity index (χ2v) is 9.48. The summed E-state index contributed by atoms with van der Waals surface area (Å²) in [6.45, 7) is 4.96. The van der Waals surface area contributed by atoms with Crippen molar-refractivity contribution in [3.8, 4) is 17.2 Å². The van der Waals surface area contributed by atoms with E-state index in [-0.39, 0.29) is 11.0 Å². The fraction of sp³-hybridized carbons (Fsp3) is 0.409. The maximum absolute atomic E-state index is 13.0. The third kappa shape index (κ3) is 5.63. The lowest BCUT2D eigenvalue weighted by Crippen LogP contribution is -2.48. The van der Waals surface area contributed by atoms with Gasteiger partial charge in [0.15, 0.2) is 18.1 Å². The zero-order valence-electron chi connectivity index (χ0n) is 18.4. The number of benzene rings is 2. The first-order valence-corrected chi connectivity index (χ1v) is 11.7. The zero-order chi connectivity index (χ0) is 23.3. The minimum Gasteiger partial charge on any atom is -0.493 e. The van der Waals surface area contributed by atoms with E-state index in [9.17, 15) is 13.2 Å². The molecule has 0 spiro atoms. The molecule has 1 aliphatic rings. The smallest absolute Gasteiger partial charge is 0.341 e. The van der Waals surface area contributed by atoms with E-state index in [2.05, 4.69) is 0 Å². The molecule has 1 aliphatic heterocycles. The Bertz CT molecular complexity index is 1030. The summed E-state index contributed by atoms with van der Waals surface area (Å²) in [5.41, 5.74) is 0.804. The Hall–Kier alpha value is -2.98. The number of sulfonamides is 1. The number of hydrogen-bond donors (Lipinski definition) is 1. The highest BCUT2D eigenvalue weighted by Gasteiger charge is 2.29. The molecule has 2 aromatic carbocycles. The molecule has 0 saturated carbocycles. The largest absolute Gasteiger partial charge is 0.493 e. The molecule has 0 atom stereocenters. The summed E-state index contributed by atoms with van der Waals surface area (Å²) in [4.78, 5) is 13.1. The van der Waals surface area contributed by atoms with Crippen LogP contribution in [-0.4, -0.2) is 69.8 Å². The first-order valence-electron chi connectivity index (χ1n) is 10.2. The molecule has 0 aromatic heterocycles. The Labute approximate surface area is 188 Å². The number of anilines is 1. The van der Waals surface area contributed by atoms with Crippen LogP contribution in [-0.2, 0) is 14.8 Å². The van der Waals surface area contributed by atoms with Crippen LogP contribution in [0.2, 0.25) is 0 Å². The molecule has 2 aromatic rings. The van der Waals surface area contributed by atoms with Crippen molar-refractivity contribution in [3.05, 3.63) is 42.5 Å². The Morgan fingerprint density at radius 1 is 1.03 bits per heavy atom. The van der Waals surface area contributed by atoms with Crippen LogP contribution in [0.1, 0.15) is 13.8 Å². The first-order chi connectivity index (χ1) is 15.2. The zero-order valence-corrected chi connectivity index (χ0v) is 19.2. The van der Waals surface area contributed by atoms with Gasteiger partial charge in [0.05, 0.1) is 18.1 Å². The summed E-state index contributed by atoms with van der Waals surface area (Å²) in [6, 6.07) is 11.7. The molecular formula is C22H28N2O7S. The first kappa shape index (κ1) is 23.7. The van der Waals surface area contributed by atoms with Gasteiger partial charge in [0.25, 0.3) is 0 Å². The predicted octanol–water partition coefficient (Wildman–Crippen LogP) is 2.46. The van der Waals surface area contributed by atoms with Gasteiger partial charge in [-0.25, -0.2) is 13.2 Å². The fourth-order valence-corrected chi connectivity index (χ4v) is 4.83. The average molecular weight is 465 g/mol. The molecule has 1 saturated heterocycles. The number of rotatable bonds is 9. The Kier molecular flexibility index (Phi) is 7.47. The summed E-state index contributed by atoms with van der Waals surface area (Å²) < 4.78 is 43.6. The summed E-state index contributed by atoms with van der Waals surface area (Å²) in [7, 11) is -2.13. The number of nitrogens with zero attached hydrogens (tertiary/aromatic N) is 2. The molecule has 0 unspecified atom stereocenters. The Morgan fingerprint density at radius 3 is 2.25 bits per heavy atom. The highest BCUT2D eigenvalue weighted by molar-refractivity contribution is 7.89. The number of aliphatic carboxylic acids is 1. The van der Waals surface area contributed by atoms with Crippen LogP contribution >= 0.6 is 0 Å². The summed E-state index contributed by atoms with van der Waals surface area (Å²) >= 11 is 0. The lowest BCUT2D eigenvalue weighted by atomic mass is 10.2. The number of carboxylic acids is 1. The van der Waals surface area contributed by atoms with E-state index in [1.54, 1.807) is 36.4 Å². The third-order valence-electron chi connectivity index (χ3n) is 4.94. The highest BCUT2D eigenvalue weighted by atomic mass is 32.2. The number of carboxylic acid groups (broad SMARTS) is 1. The molecule has 0 amide bonds. The van der Waals surface area contributed by atoms with E-state index in [0.29, 0.717) is 43.4 Å². The molecule has 1 heterocycles. The third-order valence-corrected chi connectivity index (χ3v) is 6.85. The molecule has 32 heavy (non-hydrogen) atoms. The van der Waals surface area contributed by atoms with Crippen molar-refractivity contribution < 1.29 is 32.5 Å². The van der Waals surface area contributed by atoms with E-state index in [1.165, 1.54) is 11.4 Å². The van der Waals surface area contributed by atoms with Gasteiger partial charge in [0, 0.05) is 37.9 Å². The van der Waals surface area contributed by atoms with Gasteiger partial charge in [-0.3, -0.25) is 0 Å². The molecule has 0 radical (unpaired) electrons. The van der Waals surface area contributed by atoms with E-state index >= 15 is 0 Å². The molecule has 0 bridgehead atoms.